The highest BCUT2D eigenvalue weighted by atomic mass is 32.1. The number of carbonyl (C=O) groups is 1. The zero-order valence-corrected chi connectivity index (χ0v) is 25.9. The first kappa shape index (κ1) is 29.8. The minimum atomic E-state index is -1.40. The number of thiophene rings is 1. The van der Waals surface area contributed by atoms with Crippen LogP contribution < -0.4 is 16.0 Å². The molecule has 224 valence electrons. The van der Waals surface area contributed by atoms with Gasteiger partial charge in [0.1, 0.15) is 27.2 Å². The van der Waals surface area contributed by atoms with E-state index in [4.69, 9.17) is 9.47 Å². The molecule has 3 aromatic heterocycles. The third kappa shape index (κ3) is 5.31. The van der Waals surface area contributed by atoms with Crippen molar-refractivity contribution in [3.8, 4) is 10.8 Å². The molecule has 0 saturated carbocycles. The fourth-order valence-corrected chi connectivity index (χ4v) is 6.89. The lowest BCUT2D eigenvalue weighted by Crippen LogP contribution is -2.56. The predicted molar refractivity (Wildman–Crippen MR) is 164 cm³/mol. The van der Waals surface area contributed by atoms with E-state index >= 15 is 0 Å². The quantitative estimate of drug-likeness (QED) is 0.269. The molecule has 11 heteroatoms. The van der Waals surface area contributed by atoms with E-state index in [-0.39, 0.29) is 18.4 Å². The van der Waals surface area contributed by atoms with Gasteiger partial charge in [0.2, 0.25) is 5.91 Å². The highest BCUT2D eigenvalue weighted by Crippen LogP contribution is 2.34. The molecule has 10 nitrogen and oxygen atoms in total. The standard InChI is InChI=1S/C31H39N5O5S/c1-20(2)19-41-24(22-12-7-8-13-23(22)40-6)18-34-28-25(21(3)27(42-28)35-17-11-14-32-35)26(37)36(30(34)39)31(4,5)29(38)33-15-9-10-16-33/h7-8,11-14,17,20,24H,9-10,15-16,18-19H2,1-6H3. The average Bonchev–Trinajstić information content (AvgIpc) is 3.74. The molecule has 0 bridgehead atoms. The highest BCUT2D eigenvalue weighted by Gasteiger charge is 2.39. The Morgan fingerprint density at radius 3 is 2.48 bits per heavy atom. The number of ether oxygens (including phenoxy) is 2. The van der Waals surface area contributed by atoms with Gasteiger partial charge in [0.05, 0.1) is 19.0 Å². The van der Waals surface area contributed by atoms with Gasteiger partial charge in [-0.25, -0.2) is 14.0 Å². The number of hydrogen-bond acceptors (Lipinski definition) is 7. The number of benzene rings is 1. The van der Waals surface area contributed by atoms with E-state index in [1.165, 1.54) is 11.3 Å². The molecular formula is C31H39N5O5S. The third-order valence-corrected chi connectivity index (χ3v) is 9.14. The van der Waals surface area contributed by atoms with Crippen LogP contribution in [-0.2, 0) is 21.6 Å². The van der Waals surface area contributed by atoms with E-state index in [1.807, 2.05) is 43.5 Å². The minimum absolute atomic E-state index is 0.120. The zero-order chi connectivity index (χ0) is 30.2. The predicted octanol–water partition coefficient (Wildman–Crippen LogP) is 4.50. The van der Waals surface area contributed by atoms with Gasteiger partial charge in [-0.3, -0.25) is 14.2 Å². The zero-order valence-electron chi connectivity index (χ0n) is 25.1. The van der Waals surface area contributed by atoms with Crippen molar-refractivity contribution in [1.82, 2.24) is 23.8 Å². The molecule has 1 fully saturated rings. The van der Waals surface area contributed by atoms with Crippen LogP contribution in [0.5, 0.6) is 5.75 Å². The number of methoxy groups -OCH3 is 1. The highest BCUT2D eigenvalue weighted by molar-refractivity contribution is 7.21. The Hall–Kier alpha value is -3.70. The number of carbonyl (C=O) groups excluding carboxylic acids is 1. The lowest BCUT2D eigenvalue weighted by molar-refractivity contribution is -0.138. The Kier molecular flexibility index (Phi) is 8.43. The lowest BCUT2D eigenvalue weighted by Gasteiger charge is -2.31. The molecule has 0 radical (unpaired) electrons. The number of hydrogen-bond donors (Lipinski definition) is 0. The Bertz CT molecular complexity index is 1690. The van der Waals surface area contributed by atoms with Gasteiger partial charge in [0, 0.05) is 43.2 Å². The normalized spacial score (nSPS) is 14.7. The average molecular weight is 594 g/mol. The lowest BCUT2D eigenvalue weighted by atomic mass is 10.0. The third-order valence-electron chi connectivity index (χ3n) is 7.84. The number of nitrogens with zero attached hydrogens (tertiary/aromatic N) is 5. The Balaban J connectivity index is 1.76. The molecule has 1 aliphatic rings. The molecule has 1 atom stereocenters. The van der Waals surface area contributed by atoms with Crippen LogP contribution in [-0.4, -0.2) is 56.5 Å². The minimum Gasteiger partial charge on any atom is -0.496 e. The van der Waals surface area contributed by atoms with Gasteiger partial charge in [0.15, 0.2) is 0 Å². The van der Waals surface area contributed by atoms with Gasteiger partial charge >= 0.3 is 5.69 Å². The molecule has 5 rings (SSSR count). The van der Waals surface area contributed by atoms with Crippen LogP contribution in [0.2, 0.25) is 0 Å². The summed E-state index contributed by atoms with van der Waals surface area (Å²) in [7, 11) is 1.61. The van der Waals surface area contributed by atoms with Crippen molar-refractivity contribution in [3.05, 3.63) is 74.7 Å². The largest absolute Gasteiger partial charge is 0.496 e. The number of aryl methyl sites for hydroxylation is 1. The first-order valence-electron chi connectivity index (χ1n) is 14.4. The number of para-hydroxylation sites is 1. The van der Waals surface area contributed by atoms with Crippen molar-refractivity contribution in [2.75, 3.05) is 26.8 Å². The maximum Gasteiger partial charge on any atom is 0.333 e. The van der Waals surface area contributed by atoms with E-state index < -0.39 is 22.9 Å². The van der Waals surface area contributed by atoms with Crippen molar-refractivity contribution in [2.24, 2.45) is 5.92 Å². The molecule has 1 unspecified atom stereocenters. The smallest absolute Gasteiger partial charge is 0.333 e. The number of amides is 1. The van der Waals surface area contributed by atoms with Gasteiger partial charge < -0.3 is 14.4 Å². The van der Waals surface area contributed by atoms with Crippen LogP contribution in [0.15, 0.2) is 52.3 Å². The number of likely N-dealkylation sites (tertiary alicyclic amines) is 1. The number of fused-ring (bicyclic) bond motifs is 1. The van der Waals surface area contributed by atoms with Crippen LogP contribution in [0, 0.1) is 12.8 Å². The first-order chi connectivity index (χ1) is 20.1. The summed E-state index contributed by atoms with van der Waals surface area (Å²) in [5, 5.41) is 5.52. The van der Waals surface area contributed by atoms with E-state index in [2.05, 4.69) is 18.9 Å². The van der Waals surface area contributed by atoms with E-state index in [0.29, 0.717) is 41.2 Å². The Morgan fingerprint density at radius 1 is 1.12 bits per heavy atom. The Morgan fingerprint density at radius 2 is 1.83 bits per heavy atom. The molecule has 4 aromatic rings. The summed E-state index contributed by atoms with van der Waals surface area (Å²) >= 11 is 1.33. The van der Waals surface area contributed by atoms with Crippen molar-refractivity contribution in [3.63, 3.8) is 0 Å². The van der Waals surface area contributed by atoms with Crippen molar-refractivity contribution in [1.29, 1.82) is 0 Å². The summed E-state index contributed by atoms with van der Waals surface area (Å²) in [5.74, 6) is 0.663. The molecule has 1 aromatic carbocycles. The second-order valence-corrected chi connectivity index (χ2v) is 12.7. The van der Waals surface area contributed by atoms with E-state index in [1.54, 1.807) is 41.3 Å². The molecule has 42 heavy (non-hydrogen) atoms. The fourth-order valence-electron chi connectivity index (χ4n) is 5.65. The maximum atomic E-state index is 14.5. The van der Waals surface area contributed by atoms with Gasteiger partial charge in [0.25, 0.3) is 5.56 Å². The molecule has 1 aliphatic heterocycles. The molecule has 1 amide bonds. The SMILES string of the molecule is COc1ccccc1C(Cn1c(=O)n(C(C)(C)C(=O)N2CCCC2)c(=O)c2c(C)c(-n3cccn3)sc21)OCC(C)C. The summed E-state index contributed by atoms with van der Waals surface area (Å²) in [6, 6.07) is 9.40. The summed E-state index contributed by atoms with van der Waals surface area (Å²) in [4.78, 5) is 44.8. The van der Waals surface area contributed by atoms with Crippen LogP contribution in [0.1, 0.15) is 57.8 Å². The van der Waals surface area contributed by atoms with Gasteiger partial charge in [-0.05, 0) is 51.7 Å². The monoisotopic (exact) mass is 593 g/mol. The van der Waals surface area contributed by atoms with Crippen molar-refractivity contribution >= 4 is 27.5 Å². The van der Waals surface area contributed by atoms with Gasteiger partial charge in [-0.15, -0.1) is 0 Å². The number of rotatable bonds is 10. The van der Waals surface area contributed by atoms with Gasteiger partial charge in [-0.1, -0.05) is 43.4 Å². The second-order valence-electron chi connectivity index (χ2n) is 11.7. The van der Waals surface area contributed by atoms with Crippen LogP contribution in [0.3, 0.4) is 0 Å². The summed E-state index contributed by atoms with van der Waals surface area (Å²) in [6.45, 7) is 11.1. The topological polar surface area (TPSA) is 101 Å². The summed E-state index contributed by atoms with van der Waals surface area (Å²) in [5.41, 5.74) is -0.925. The molecule has 0 spiro atoms. The van der Waals surface area contributed by atoms with Crippen LogP contribution in [0.4, 0.5) is 0 Å². The molecule has 0 N–H and O–H groups in total. The van der Waals surface area contributed by atoms with Gasteiger partial charge in [-0.2, -0.15) is 5.10 Å². The maximum absolute atomic E-state index is 14.5. The van der Waals surface area contributed by atoms with Crippen LogP contribution in [0.25, 0.3) is 15.2 Å². The first-order valence-corrected chi connectivity index (χ1v) is 15.2. The molecular weight excluding hydrogens is 554 g/mol. The van der Waals surface area contributed by atoms with E-state index in [0.717, 1.165) is 28.0 Å². The van der Waals surface area contributed by atoms with Crippen molar-refractivity contribution < 1.29 is 14.3 Å². The Labute approximate surface area is 249 Å². The van der Waals surface area contributed by atoms with Crippen molar-refractivity contribution in [2.45, 2.75) is 65.6 Å². The fraction of sp³-hybridized carbons (Fsp3) is 0.484. The molecule has 1 saturated heterocycles. The molecule has 0 aliphatic carbocycles. The van der Waals surface area contributed by atoms with Crippen LogP contribution >= 0.6 is 11.3 Å². The van der Waals surface area contributed by atoms with E-state index in [9.17, 15) is 14.4 Å². The summed E-state index contributed by atoms with van der Waals surface area (Å²) < 4.78 is 16.5. The number of aromatic nitrogens is 4. The second kappa shape index (κ2) is 11.9. The summed E-state index contributed by atoms with van der Waals surface area (Å²) in [6.07, 6.45) is 4.74. The molecule has 4 heterocycles.